The predicted octanol–water partition coefficient (Wildman–Crippen LogP) is 3.24. The summed E-state index contributed by atoms with van der Waals surface area (Å²) in [5, 5.41) is 13.9. The number of carboxylic acid groups (broad SMARTS) is 1. The van der Waals surface area contributed by atoms with Crippen LogP contribution in [0.5, 0.6) is 0 Å². The normalized spacial score (nSPS) is 47.1. The third kappa shape index (κ3) is 5.38. The van der Waals surface area contributed by atoms with E-state index >= 15 is 0 Å². The third-order valence-electron chi connectivity index (χ3n) is 13.2. The molecule has 2 N–H and O–H groups in total. The number of ether oxygens (including phenoxy) is 9. The molecule has 0 saturated carbocycles. The second-order valence-corrected chi connectivity index (χ2v) is 15.2. The van der Waals surface area contributed by atoms with E-state index in [0.29, 0.717) is 0 Å². The summed E-state index contributed by atoms with van der Waals surface area (Å²) in [6, 6.07) is 0. The summed E-state index contributed by atoms with van der Waals surface area (Å²) in [5.41, 5.74) is -12.4. The maximum absolute atomic E-state index is 13.1. The van der Waals surface area contributed by atoms with Gasteiger partial charge in [0.1, 0.15) is 33.6 Å². The molecule has 276 valence electrons. The average Bonchev–Trinajstić information content (AvgIpc) is 2.97. The van der Waals surface area contributed by atoms with E-state index in [1.807, 2.05) is 48.5 Å². The van der Waals surface area contributed by atoms with E-state index in [1.54, 1.807) is 35.2 Å². The zero-order valence-corrected chi connectivity index (χ0v) is 32.0. The van der Waals surface area contributed by atoms with Crippen LogP contribution in [0.3, 0.4) is 0 Å². The van der Waals surface area contributed by atoms with Gasteiger partial charge in [0, 0.05) is 55.0 Å². The number of hydrogen-bond donors (Lipinski definition) is 2. The Balaban J connectivity index is 2.82. The van der Waals surface area contributed by atoms with Crippen LogP contribution in [0.15, 0.2) is 0 Å². The van der Waals surface area contributed by atoms with Gasteiger partial charge in [-0.2, -0.15) is 0 Å². The highest BCUT2D eigenvalue weighted by Crippen LogP contribution is 2.62. The molecule has 6 unspecified atom stereocenters. The van der Waals surface area contributed by atoms with Gasteiger partial charge in [-0.05, 0) is 55.4 Å². The van der Waals surface area contributed by atoms with Gasteiger partial charge in [0.15, 0.2) is 5.60 Å². The Morgan fingerprint density at radius 3 is 1.43 bits per heavy atom. The molecule has 2 saturated heterocycles. The Labute approximate surface area is 281 Å². The quantitative estimate of drug-likeness (QED) is 0.262. The molecule has 2 rings (SSSR count). The molecule has 10 atom stereocenters. The Bertz CT molecular complexity index is 1160. The highest BCUT2D eigenvalue weighted by atomic mass is 16.6. The van der Waals surface area contributed by atoms with Crippen molar-refractivity contribution in [2.75, 3.05) is 75.7 Å². The van der Waals surface area contributed by atoms with E-state index in [4.69, 9.17) is 42.6 Å². The zero-order chi connectivity index (χ0) is 36.8. The fourth-order valence-corrected chi connectivity index (χ4v) is 9.02. The summed E-state index contributed by atoms with van der Waals surface area (Å²) in [5.74, 6) is -1.46. The van der Waals surface area contributed by atoms with Crippen LogP contribution in [-0.2, 0) is 52.2 Å². The van der Waals surface area contributed by atoms with Crippen LogP contribution < -0.4 is 5.32 Å². The smallest absolute Gasteiger partial charge is 0.336 e. The van der Waals surface area contributed by atoms with Crippen molar-refractivity contribution in [1.29, 1.82) is 0 Å². The fourth-order valence-electron chi connectivity index (χ4n) is 9.02. The molecule has 47 heavy (non-hydrogen) atoms. The van der Waals surface area contributed by atoms with Crippen molar-refractivity contribution in [3.63, 3.8) is 0 Å². The monoisotopic (exact) mass is 677 g/mol. The Morgan fingerprint density at radius 2 is 1.02 bits per heavy atom. The Morgan fingerprint density at radius 1 is 0.574 bits per heavy atom. The average molecular weight is 678 g/mol. The lowest BCUT2D eigenvalue weighted by atomic mass is 9.50. The minimum atomic E-state index is -1.80. The van der Waals surface area contributed by atoms with Crippen molar-refractivity contribution < 1.29 is 57.3 Å². The number of amides is 1. The molecule has 0 radical (unpaired) electrons. The number of nitrogens with one attached hydrogen (secondary N) is 1. The molecule has 0 aromatic carbocycles. The van der Waals surface area contributed by atoms with Crippen molar-refractivity contribution in [3.8, 4) is 0 Å². The zero-order valence-electron chi connectivity index (χ0n) is 32.0. The van der Waals surface area contributed by atoms with Crippen LogP contribution in [0.1, 0.15) is 76.2 Å². The van der Waals surface area contributed by atoms with Gasteiger partial charge in [0.2, 0.25) is 5.91 Å². The van der Waals surface area contributed by atoms with Gasteiger partial charge in [-0.1, -0.05) is 13.8 Å². The van der Waals surface area contributed by atoms with Crippen molar-refractivity contribution in [1.82, 2.24) is 5.32 Å². The fraction of sp³-hybridized carbons (Fsp3) is 0.941. The number of hydrogen-bond acceptors (Lipinski definition) is 11. The summed E-state index contributed by atoms with van der Waals surface area (Å²) >= 11 is 0. The second kappa shape index (κ2) is 13.4. The van der Waals surface area contributed by atoms with Gasteiger partial charge in [0.25, 0.3) is 0 Å². The van der Waals surface area contributed by atoms with Crippen molar-refractivity contribution in [2.24, 2.45) is 10.8 Å². The van der Waals surface area contributed by atoms with E-state index in [-0.39, 0.29) is 38.9 Å². The molecule has 2 fully saturated rings. The highest BCUT2D eigenvalue weighted by molar-refractivity contribution is 5.79. The van der Waals surface area contributed by atoms with Crippen LogP contribution in [0.4, 0.5) is 0 Å². The minimum Gasteiger partial charge on any atom is -0.479 e. The van der Waals surface area contributed by atoms with Crippen LogP contribution >= 0.6 is 0 Å². The molecular formula is C34H63NO12. The molecule has 0 aromatic heterocycles. The second-order valence-electron chi connectivity index (χ2n) is 15.2. The third-order valence-corrected chi connectivity index (χ3v) is 13.2. The Kier molecular flexibility index (Phi) is 11.9. The van der Waals surface area contributed by atoms with E-state index in [2.05, 4.69) is 5.32 Å². The van der Waals surface area contributed by atoms with Crippen LogP contribution in [0, 0.1) is 10.8 Å². The first-order valence-electron chi connectivity index (χ1n) is 16.0. The summed E-state index contributed by atoms with van der Waals surface area (Å²) < 4.78 is 56.1. The number of carbonyl (C=O) groups is 2. The summed E-state index contributed by atoms with van der Waals surface area (Å²) in [6.45, 7) is 19.9. The molecule has 0 aliphatic carbocycles. The van der Waals surface area contributed by atoms with Crippen LogP contribution in [0.25, 0.3) is 0 Å². The van der Waals surface area contributed by atoms with Crippen molar-refractivity contribution in [3.05, 3.63) is 0 Å². The first-order valence-corrected chi connectivity index (χ1v) is 16.0. The van der Waals surface area contributed by atoms with Gasteiger partial charge >= 0.3 is 5.97 Å². The standard InChI is InChI=1S/C34H63NO12/c1-23(36)35-31(8)26(3,32(9,42-15)28(5,21-41-14)46-27(31,4)20-40-13)19-45-22-29(6)34(11,44-17)33(10,43-16)25(2,18-39-12)30(7,47-29)24(37)38/h18-22H2,1-17H3,(H,35,36)(H,37,38)/t25-,26?,27+,28?,29+,30?,31?,32-,33?,34?/m1/s1. The van der Waals surface area contributed by atoms with E-state index in [9.17, 15) is 14.7 Å². The van der Waals surface area contributed by atoms with Crippen LogP contribution in [-0.4, -0.2) is 137 Å². The lowest BCUT2D eigenvalue weighted by molar-refractivity contribution is -0.400. The topological polar surface area (TPSA) is 149 Å². The molecule has 1 amide bonds. The lowest BCUT2D eigenvalue weighted by Gasteiger charge is -2.71. The molecule has 2 aliphatic rings. The van der Waals surface area contributed by atoms with Gasteiger partial charge in [-0.15, -0.1) is 0 Å². The maximum Gasteiger partial charge on any atom is 0.336 e. The number of methoxy groups -OCH3 is 6. The molecule has 13 heteroatoms. The van der Waals surface area contributed by atoms with E-state index in [0.717, 1.165) is 0 Å². The van der Waals surface area contributed by atoms with Crippen LogP contribution in [0.2, 0.25) is 0 Å². The minimum absolute atomic E-state index is 0.00233. The summed E-state index contributed by atoms with van der Waals surface area (Å²) in [6.07, 6.45) is 0. The molecule has 2 aliphatic heterocycles. The van der Waals surface area contributed by atoms with E-state index in [1.165, 1.54) is 35.2 Å². The SMILES string of the molecule is COCC1(C)O[C@@](C)(COC)C(C)(NC(C)=O)C(C)(COC[C@]2(C)OC(C)(C(=O)O)[C@@](C)(COC)C(C)(OC)C2(C)OC)[C@@]1(C)OC. The van der Waals surface area contributed by atoms with Gasteiger partial charge in [-0.25, -0.2) is 4.79 Å². The molecule has 0 aromatic rings. The summed E-state index contributed by atoms with van der Waals surface area (Å²) in [4.78, 5) is 26.0. The number of rotatable bonds is 15. The number of carbonyl (C=O) groups excluding carboxylic acids is 1. The molecular weight excluding hydrogens is 614 g/mol. The predicted molar refractivity (Wildman–Crippen MR) is 175 cm³/mol. The maximum atomic E-state index is 13.1. The van der Waals surface area contributed by atoms with Gasteiger partial charge in [0.05, 0.1) is 44.0 Å². The van der Waals surface area contributed by atoms with Crippen molar-refractivity contribution in [2.45, 2.75) is 121 Å². The highest BCUT2D eigenvalue weighted by Gasteiger charge is 2.79. The first-order chi connectivity index (χ1) is 21.3. The van der Waals surface area contributed by atoms with Gasteiger partial charge < -0.3 is 53.1 Å². The largest absolute Gasteiger partial charge is 0.479 e. The van der Waals surface area contributed by atoms with Crippen molar-refractivity contribution >= 4 is 11.9 Å². The lowest BCUT2D eigenvalue weighted by Crippen LogP contribution is -2.87. The van der Waals surface area contributed by atoms with E-state index < -0.39 is 61.5 Å². The number of carboxylic acids is 1. The molecule has 0 spiro atoms. The summed E-state index contributed by atoms with van der Waals surface area (Å²) in [7, 11) is 9.33. The molecule has 0 bridgehead atoms. The van der Waals surface area contributed by atoms with Gasteiger partial charge in [-0.3, -0.25) is 4.79 Å². The first kappa shape index (κ1) is 41.7. The molecule has 13 nitrogen and oxygen atoms in total. The molecule has 2 heterocycles. The number of aliphatic carboxylic acids is 1. The Hall–Kier alpha value is -1.42.